The summed E-state index contributed by atoms with van der Waals surface area (Å²) in [5.41, 5.74) is 4.00. The molecule has 0 saturated carbocycles. The Morgan fingerprint density at radius 3 is 2.33 bits per heavy atom. The normalized spacial score (nSPS) is 10.6. The molecule has 0 unspecified atom stereocenters. The van der Waals surface area contributed by atoms with Crippen LogP contribution in [0.15, 0.2) is 85.5 Å². The number of esters is 1. The van der Waals surface area contributed by atoms with Gasteiger partial charge in [0.2, 0.25) is 0 Å². The summed E-state index contributed by atoms with van der Waals surface area (Å²) >= 11 is 0. The maximum absolute atomic E-state index is 13.3. The highest BCUT2D eigenvalue weighted by Gasteiger charge is 2.13. The predicted molar refractivity (Wildman–Crippen MR) is 101 cm³/mol. The molecule has 0 aliphatic rings. The van der Waals surface area contributed by atoms with Gasteiger partial charge in [-0.05, 0) is 64.7 Å². The molecule has 4 aromatic rings. The van der Waals surface area contributed by atoms with E-state index in [1.165, 1.54) is 12.1 Å². The van der Waals surface area contributed by atoms with Gasteiger partial charge in [0, 0.05) is 24.8 Å². The molecule has 2 aromatic heterocycles. The maximum atomic E-state index is 13.3. The second-order valence-electron chi connectivity index (χ2n) is 5.94. The summed E-state index contributed by atoms with van der Waals surface area (Å²) in [6.07, 6.45) is 6.64. The highest BCUT2D eigenvalue weighted by Crippen LogP contribution is 2.35. The largest absolute Gasteiger partial charge is 0.423 e. The number of rotatable bonds is 4. The van der Waals surface area contributed by atoms with Gasteiger partial charge in [-0.3, -0.25) is 4.98 Å². The molecular weight excluding hydrogens is 343 g/mol. The second kappa shape index (κ2) is 7.25. The number of aromatic nitrogens is 2. The molecular formula is C22H15FN2O2. The van der Waals surface area contributed by atoms with Crippen LogP contribution in [-0.2, 0) is 0 Å². The van der Waals surface area contributed by atoms with Crippen molar-refractivity contribution in [3.8, 4) is 28.0 Å². The highest BCUT2D eigenvalue weighted by molar-refractivity contribution is 5.91. The zero-order chi connectivity index (χ0) is 18.6. The minimum absolute atomic E-state index is 0.290. The fraction of sp³-hybridized carbons (Fsp3) is 0. The van der Waals surface area contributed by atoms with E-state index >= 15 is 0 Å². The molecule has 1 N–H and O–H groups in total. The van der Waals surface area contributed by atoms with Crippen LogP contribution in [0.3, 0.4) is 0 Å². The van der Waals surface area contributed by atoms with Crippen LogP contribution >= 0.6 is 0 Å². The first-order valence-corrected chi connectivity index (χ1v) is 8.36. The van der Waals surface area contributed by atoms with Crippen LogP contribution in [0.5, 0.6) is 5.75 Å². The Balaban J connectivity index is 1.76. The van der Waals surface area contributed by atoms with Gasteiger partial charge in [-0.1, -0.05) is 18.2 Å². The van der Waals surface area contributed by atoms with Crippen molar-refractivity contribution in [2.45, 2.75) is 0 Å². The summed E-state index contributed by atoms with van der Waals surface area (Å²) in [7, 11) is 0. The first-order valence-electron chi connectivity index (χ1n) is 8.36. The van der Waals surface area contributed by atoms with Crippen molar-refractivity contribution in [3.05, 3.63) is 96.8 Å². The average molecular weight is 358 g/mol. The standard InChI is InChI=1S/C22H15FN2O2/c23-18-3-1-15(2-4-18)20-6-5-19(27-22(26)17-9-12-25-14-17)13-21(20)16-7-10-24-11-8-16/h1-14,25H. The van der Waals surface area contributed by atoms with E-state index in [0.29, 0.717) is 11.3 Å². The van der Waals surface area contributed by atoms with Crippen LogP contribution in [-0.4, -0.2) is 15.9 Å². The first kappa shape index (κ1) is 16.7. The van der Waals surface area contributed by atoms with Gasteiger partial charge in [0.15, 0.2) is 0 Å². The van der Waals surface area contributed by atoms with E-state index in [1.54, 1.807) is 55.1 Å². The molecule has 0 aliphatic heterocycles. The summed E-state index contributed by atoms with van der Waals surface area (Å²) in [5, 5.41) is 0. The van der Waals surface area contributed by atoms with Crippen LogP contribution in [0, 0.1) is 5.82 Å². The molecule has 0 radical (unpaired) electrons. The van der Waals surface area contributed by atoms with Gasteiger partial charge < -0.3 is 9.72 Å². The topological polar surface area (TPSA) is 55.0 Å². The quantitative estimate of drug-likeness (QED) is 0.408. The van der Waals surface area contributed by atoms with Crippen molar-refractivity contribution in [1.29, 1.82) is 0 Å². The van der Waals surface area contributed by atoms with E-state index in [2.05, 4.69) is 9.97 Å². The van der Waals surface area contributed by atoms with Gasteiger partial charge in [-0.15, -0.1) is 0 Å². The number of pyridine rings is 1. The zero-order valence-corrected chi connectivity index (χ0v) is 14.2. The SMILES string of the molecule is O=C(Oc1ccc(-c2ccc(F)cc2)c(-c2ccncc2)c1)c1cc[nH]c1. The zero-order valence-electron chi connectivity index (χ0n) is 14.2. The molecule has 0 amide bonds. The Morgan fingerprint density at radius 1 is 0.889 bits per heavy atom. The van der Waals surface area contributed by atoms with E-state index in [0.717, 1.165) is 22.3 Å². The number of carbonyl (C=O) groups excluding carboxylic acids is 1. The molecule has 5 heteroatoms. The Labute approximate surface area is 155 Å². The minimum Gasteiger partial charge on any atom is -0.423 e. The Bertz CT molecular complexity index is 1060. The molecule has 4 nitrogen and oxygen atoms in total. The van der Waals surface area contributed by atoms with E-state index in [9.17, 15) is 9.18 Å². The minimum atomic E-state index is -0.438. The van der Waals surface area contributed by atoms with Crippen molar-refractivity contribution in [2.75, 3.05) is 0 Å². The van der Waals surface area contributed by atoms with Crippen LogP contribution in [0.1, 0.15) is 10.4 Å². The molecule has 2 aromatic carbocycles. The van der Waals surface area contributed by atoms with Crippen LogP contribution < -0.4 is 4.74 Å². The first-order chi connectivity index (χ1) is 13.2. The molecule has 0 bridgehead atoms. The van der Waals surface area contributed by atoms with Crippen LogP contribution in [0.4, 0.5) is 4.39 Å². The number of hydrogen-bond donors (Lipinski definition) is 1. The number of ether oxygens (including phenoxy) is 1. The van der Waals surface area contributed by atoms with Crippen molar-refractivity contribution in [3.63, 3.8) is 0 Å². The van der Waals surface area contributed by atoms with Gasteiger partial charge in [0.1, 0.15) is 11.6 Å². The van der Waals surface area contributed by atoms with Crippen LogP contribution in [0.2, 0.25) is 0 Å². The molecule has 132 valence electrons. The monoisotopic (exact) mass is 358 g/mol. The second-order valence-corrected chi connectivity index (χ2v) is 5.94. The van der Waals surface area contributed by atoms with Gasteiger partial charge in [0.25, 0.3) is 0 Å². The molecule has 0 saturated heterocycles. The summed E-state index contributed by atoms with van der Waals surface area (Å²) in [6, 6.07) is 17.1. The average Bonchev–Trinajstić information content (AvgIpc) is 3.24. The fourth-order valence-corrected chi connectivity index (χ4v) is 2.86. The van der Waals surface area contributed by atoms with E-state index < -0.39 is 5.97 Å². The molecule has 2 heterocycles. The molecule has 0 spiro atoms. The van der Waals surface area contributed by atoms with Crippen molar-refractivity contribution in [1.82, 2.24) is 9.97 Å². The molecule has 0 atom stereocenters. The third-order valence-corrected chi connectivity index (χ3v) is 4.18. The molecule has 0 fully saturated rings. The Hall–Kier alpha value is -3.73. The van der Waals surface area contributed by atoms with E-state index in [4.69, 9.17) is 4.74 Å². The Kier molecular flexibility index (Phi) is 4.49. The lowest BCUT2D eigenvalue weighted by atomic mass is 9.95. The van der Waals surface area contributed by atoms with Crippen molar-refractivity contribution in [2.24, 2.45) is 0 Å². The van der Waals surface area contributed by atoms with Gasteiger partial charge in [-0.2, -0.15) is 0 Å². The molecule has 27 heavy (non-hydrogen) atoms. The number of halogens is 1. The van der Waals surface area contributed by atoms with Gasteiger partial charge >= 0.3 is 5.97 Å². The molecule has 0 aliphatic carbocycles. The highest BCUT2D eigenvalue weighted by atomic mass is 19.1. The summed E-state index contributed by atoms with van der Waals surface area (Å²) in [5.74, 6) is -0.299. The lowest BCUT2D eigenvalue weighted by Crippen LogP contribution is -2.07. The van der Waals surface area contributed by atoms with Gasteiger partial charge in [-0.25, -0.2) is 9.18 Å². The van der Waals surface area contributed by atoms with Crippen molar-refractivity contribution >= 4 is 5.97 Å². The maximum Gasteiger partial charge on any atom is 0.345 e. The van der Waals surface area contributed by atoms with Crippen LogP contribution in [0.25, 0.3) is 22.3 Å². The van der Waals surface area contributed by atoms with Crippen molar-refractivity contribution < 1.29 is 13.9 Å². The van der Waals surface area contributed by atoms with E-state index in [-0.39, 0.29) is 5.82 Å². The number of carbonyl (C=O) groups is 1. The summed E-state index contributed by atoms with van der Waals surface area (Å²) in [4.78, 5) is 19.1. The third-order valence-electron chi connectivity index (χ3n) is 4.18. The molecule has 4 rings (SSSR count). The summed E-state index contributed by atoms with van der Waals surface area (Å²) in [6.45, 7) is 0. The lowest BCUT2D eigenvalue weighted by molar-refractivity contribution is 0.0735. The van der Waals surface area contributed by atoms with E-state index in [1.807, 2.05) is 18.2 Å². The number of H-pyrrole nitrogens is 1. The predicted octanol–water partition coefficient (Wildman–Crippen LogP) is 5.10. The summed E-state index contributed by atoms with van der Waals surface area (Å²) < 4.78 is 18.8. The number of nitrogens with zero attached hydrogens (tertiary/aromatic N) is 1. The number of hydrogen-bond acceptors (Lipinski definition) is 3. The number of benzene rings is 2. The smallest absolute Gasteiger partial charge is 0.345 e. The number of nitrogens with one attached hydrogen (secondary N) is 1. The van der Waals surface area contributed by atoms with Gasteiger partial charge in [0.05, 0.1) is 5.56 Å². The lowest BCUT2D eigenvalue weighted by Gasteiger charge is -2.13. The third kappa shape index (κ3) is 3.62. The fourth-order valence-electron chi connectivity index (χ4n) is 2.86. The Morgan fingerprint density at radius 2 is 1.63 bits per heavy atom. The number of aromatic amines is 1.